The van der Waals surface area contributed by atoms with Crippen LogP contribution in [-0.2, 0) is 0 Å². The Hall–Kier alpha value is -1.62. The quantitative estimate of drug-likeness (QED) is 0.910. The summed E-state index contributed by atoms with van der Waals surface area (Å²) in [6.07, 6.45) is 1.40. The van der Waals surface area contributed by atoms with Gasteiger partial charge in [-0.05, 0) is 28.1 Å². The fourth-order valence-electron chi connectivity index (χ4n) is 1.11. The van der Waals surface area contributed by atoms with Crippen LogP contribution in [0.4, 0.5) is 5.82 Å². The summed E-state index contributed by atoms with van der Waals surface area (Å²) in [5.41, 5.74) is 0.556. The molecule has 0 saturated carbocycles. The predicted octanol–water partition coefficient (Wildman–Crippen LogP) is 2.69. The first-order valence-corrected chi connectivity index (χ1v) is 5.03. The molecule has 0 radical (unpaired) electrons. The molecule has 2 aromatic rings. The molecule has 0 aliphatic rings. The Morgan fingerprint density at radius 2 is 2.13 bits per heavy atom. The molecule has 0 fully saturated rings. The minimum atomic E-state index is -0.226. The summed E-state index contributed by atoms with van der Waals surface area (Å²) in [6, 6.07) is 8.74. The molecule has 1 N–H and O–H groups in total. The largest absolute Gasteiger partial charge is 0.363 e. The highest BCUT2D eigenvalue weighted by Crippen LogP contribution is 2.17. The number of nitrogens with zero attached hydrogens (tertiary/aromatic N) is 1. The van der Waals surface area contributed by atoms with E-state index in [0.29, 0.717) is 11.4 Å². The SMILES string of the molecule is O=C(Nc1ccon1)c1ccccc1Br. The van der Waals surface area contributed by atoms with E-state index in [-0.39, 0.29) is 5.91 Å². The molecule has 0 saturated heterocycles. The summed E-state index contributed by atoms with van der Waals surface area (Å²) in [5.74, 6) is 0.173. The lowest BCUT2D eigenvalue weighted by molar-refractivity contribution is 0.102. The van der Waals surface area contributed by atoms with Crippen LogP contribution in [0.2, 0.25) is 0 Å². The van der Waals surface area contributed by atoms with Crippen molar-refractivity contribution >= 4 is 27.7 Å². The van der Waals surface area contributed by atoms with Crippen molar-refractivity contribution in [3.05, 3.63) is 46.6 Å². The monoisotopic (exact) mass is 266 g/mol. The predicted molar refractivity (Wildman–Crippen MR) is 58.6 cm³/mol. The molecule has 0 spiro atoms. The highest BCUT2D eigenvalue weighted by Gasteiger charge is 2.10. The molecule has 1 aromatic heterocycles. The van der Waals surface area contributed by atoms with Crippen LogP contribution in [0.15, 0.2) is 45.6 Å². The van der Waals surface area contributed by atoms with Crippen molar-refractivity contribution in [2.75, 3.05) is 5.32 Å². The Morgan fingerprint density at radius 3 is 2.80 bits per heavy atom. The molecular weight excluding hydrogens is 260 g/mol. The van der Waals surface area contributed by atoms with E-state index in [1.807, 2.05) is 6.07 Å². The van der Waals surface area contributed by atoms with E-state index in [1.165, 1.54) is 6.26 Å². The standard InChI is InChI=1S/C10H7BrN2O2/c11-8-4-2-1-3-7(8)10(14)12-9-5-6-15-13-9/h1-6H,(H,12,13,14). The maximum absolute atomic E-state index is 11.7. The van der Waals surface area contributed by atoms with Gasteiger partial charge in [-0.15, -0.1) is 0 Å². The number of benzene rings is 1. The number of nitrogens with one attached hydrogen (secondary N) is 1. The number of rotatable bonds is 2. The highest BCUT2D eigenvalue weighted by molar-refractivity contribution is 9.10. The van der Waals surface area contributed by atoms with Gasteiger partial charge < -0.3 is 9.84 Å². The average molecular weight is 267 g/mol. The average Bonchev–Trinajstić information content (AvgIpc) is 2.71. The van der Waals surface area contributed by atoms with Crippen molar-refractivity contribution < 1.29 is 9.32 Å². The summed E-state index contributed by atoms with van der Waals surface area (Å²) < 4.78 is 5.35. The first-order valence-electron chi connectivity index (χ1n) is 4.23. The van der Waals surface area contributed by atoms with Crippen LogP contribution >= 0.6 is 15.9 Å². The molecule has 0 unspecified atom stereocenters. The zero-order valence-electron chi connectivity index (χ0n) is 7.61. The smallest absolute Gasteiger partial charge is 0.258 e. The van der Waals surface area contributed by atoms with Crippen molar-refractivity contribution in [2.45, 2.75) is 0 Å². The Bertz CT molecular complexity index is 468. The number of anilines is 1. The van der Waals surface area contributed by atoms with E-state index in [4.69, 9.17) is 0 Å². The second-order valence-electron chi connectivity index (χ2n) is 2.82. The Labute approximate surface area is 94.4 Å². The molecule has 4 nitrogen and oxygen atoms in total. The number of hydrogen-bond acceptors (Lipinski definition) is 3. The second-order valence-corrected chi connectivity index (χ2v) is 3.67. The van der Waals surface area contributed by atoms with Gasteiger partial charge in [0.25, 0.3) is 5.91 Å². The number of halogens is 1. The Morgan fingerprint density at radius 1 is 1.33 bits per heavy atom. The Balaban J connectivity index is 2.19. The molecule has 2 rings (SSSR count). The number of carbonyl (C=O) groups excluding carboxylic acids is 1. The van der Waals surface area contributed by atoms with E-state index in [1.54, 1.807) is 24.3 Å². The molecule has 5 heteroatoms. The summed E-state index contributed by atoms with van der Waals surface area (Å²) in [5, 5.41) is 6.19. The maximum atomic E-state index is 11.7. The number of hydrogen-bond donors (Lipinski definition) is 1. The van der Waals surface area contributed by atoms with E-state index >= 15 is 0 Å². The van der Waals surface area contributed by atoms with Gasteiger partial charge in [0, 0.05) is 10.5 Å². The van der Waals surface area contributed by atoms with Crippen molar-refractivity contribution in [1.82, 2.24) is 5.16 Å². The molecular formula is C10H7BrN2O2. The van der Waals surface area contributed by atoms with E-state index in [0.717, 1.165) is 4.47 Å². The lowest BCUT2D eigenvalue weighted by atomic mass is 10.2. The van der Waals surface area contributed by atoms with Crippen LogP contribution in [0.5, 0.6) is 0 Å². The third-order valence-corrected chi connectivity index (χ3v) is 2.49. The van der Waals surface area contributed by atoms with Gasteiger partial charge in [0.1, 0.15) is 6.26 Å². The summed E-state index contributed by atoms with van der Waals surface area (Å²) >= 11 is 3.30. The first kappa shape index (κ1) is 9.92. The molecule has 76 valence electrons. The number of aromatic nitrogens is 1. The normalized spacial score (nSPS) is 9.93. The van der Waals surface area contributed by atoms with Gasteiger partial charge in [-0.3, -0.25) is 4.79 Å². The van der Waals surface area contributed by atoms with Gasteiger partial charge in [0.2, 0.25) is 0 Å². The third kappa shape index (κ3) is 2.24. The van der Waals surface area contributed by atoms with Crippen LogP contribution in [0.1, 0.15) is 10.4 Å². The van der Waals surface area contributed by atoms with Gasteiger partial charge in [0.15, 0.2) is 5.82 Å². The van der Waals surface area contributed by atoms with Crippen molar-refractivity contribution in [3.8, 4) is 0 Å². The summed E-state index contributed by atoms with van der Waals surface area (Å²) in [7, 11) is 0. The number of amides is 1. The lowest BCUT2D eigenvalue weighted by Gasteiger charge is -2.02. The minimum Gasteiger partial charge on any atom is -0.363 e. The highest BCUT2D eigenvalue weighted by atomic mass is 79.9. The lowest BCUT2D eigenvalue weighted by Crippen LogP contribution is -2.12. The van der Waals surface area contributed by atoms with E-state index in [2.05, 4.69) is 30.9 Å². The molecule has 0 aliphatic carbocycles. The minimum absolute atomic E-state index is 0.226. The third-order valence-electron chi connectivity index (χ3n) is 1.80. The zero-order chi connectivity index (χ0) is 10.7. The molecule has 0 bridgehead atoms. The van der Waals surface area contributed by atoms with Crippen LogP contribution in [0, 0.1) is 0 Å². The summed E-state index contributed by atoms with van der Waals surface area (Å²) in [4.78, 5) is 11.7. The fraction of sp³-hybridized carbons (Fsp3) is 0. The molecule has 1 amide bonds. The number of carbonyl (C=O) groups is 1. The van der Waals surface area contributed by atoms with Gasteiger partial charge in [-0.1, -0.05) is 17.3 Å². The second kappa shape index (κ2) is 4.27. The van der Waals surface area contributed by atoms with E-state index < -0.39 is 0 Å². The van der Waals surface area contributed by atoms with Crippen LogP contribution in [-0.4, -0.2) is 11.1 Å². The topological polar surface area (TPSA) is 55.1 Å². The molecule has 0 atom stereocenters. The van der Waals surface area contributed by atoms with E-state index in [9.17, 15) is 4.79 Å². The van der Waals surface area contributed by atoms with Crippen molar-refractivity contribution in [3.63, 3.8) is 0 Å². The van der Waals surface area contributed by atoms with Crippen LogP contribution in [0.25, 0.3) is 0 Å². The Kier molecular flexibility index (Phi) is 2.82. The van der Waals surface area contributed by atoms with Crippen molar-refractivity contribution in [2.24, 2.45) is 0 Å². The van der Waals surface area contributed by atoms with Gasteiger partial charge in [-0.2, -0.15) is 0 Å². The van der Waals surface area contributed by atoms with Crippen molar-refractivity contribution in [1.29, 1.82) is 0 Å². The fourth-order valence-corrected chi connectivity index (χ4v) is 1.57. The molecule has 1 aromatic carbocycles. The molecule has 15 heavy (non-hydrogen) atoms. The summed E-state index contributed by atoms with van der Waals surface area (Å²) in [6.45, 7) is 0. The zero-order valence-corrected chi connectivity index (χ0v) is 9.19. The van der Waals surface area contributed by atoms with Gasteiger partial charge in [-0.25, -0.2) is 0 Å². The first-order chi connectivity index (χ1) is 7.27. The van der Waals surface area contributed by atoms with Crippen LogP contribution in [0.3, 0.4) is 0 Å². The maximum Gasteiger partial charge on any atom is 0.258 e. The molecule has 0 aliphatic heterocycles. The van der Waals surface area contributed by atoms with Crippen LogP contribution < -0.4 is 5.32 Å². The van der Waals surface area contributed by atoms with Gasteiger partial charge in [0.05, 0.1) is 5.56 Å². The molecule has 1 heterocycles. The van der Waals surface area contributed by atoms with Gasteiger partial charge >= 0.3 is 0 Å².